The Bertz CT molecular complexity index is 1010. The van der Waals surface area contributed by atoms with E-state index < -0.39 is 0 Å². The summed E-state index contributed by atoms with van der Waals surface area (Å²) in [6.07, 6.45) is 2.27. The molecule has 2 aromatic carbocycles. The van der Waals surface area contributed by atoms with E-state index in [1.807, 2.05) is 36.1 Å². The highest BCUT2D eigenvalue weighted by molar-refractivity contribution is 9.10. The van der Waals surface area contributed by atoms with Crippen molar-refractivity contribution >= 4 is 39.2 Å². The topological polar surface area (TPSA) is 70.7 Å². The molecule has 7 heteroatoms. The minimum absolute atomic E-state index is 0.00124. The molecular weight excluding hydrogens is 446 g/mol. The molecule has 158 valence electrons. The summed E-state index contributed by atoms with van der Waals surface area (Å²) in [6.45, 7) is 4.60. The van der Waals surface area contributed by atoms with Gasteiger partial charge >= 0.3 is 6.03 Å². The number of hydrogen-bond acceptors (Lipinski definition) is 3. The Morgan fingerprint density at radius 3 is 2.77 bits per heavy atom. The van der Waals surface area contributed by atoms with Gasteiger partial charge in [0.15, 0.2) is 0 Å². The second-order valence-corrected chi connectivity index (χ2v) is 9.06. The molecule has 0 aromatic heterocycles. The molecular formula is C23H26BrN3O3. The van der Waals surface area contributed by atoms with E-state index in [0.29, 0.717) is 13.0 Å². The van der Waals surface area contributed by atoms with Crippen molar-refractivity contribution in [2.75, 3.05) is 17.7 Å². The fourth-order valence-electron chi connectivity index (χ4n) is 4.44. The number of anilines is 2. The maximum atomic E-state index is 12.8. The van der Waals surface area contributed by atoms with Crippen LogP contribution in [0.15, 0.2) is 34.8 Å². The van der Waals surface area contributed by atoms with Crippen molar-refractivity contribution in [3.05, 3.63) is 51.5 Å². The van der Waals surface area contributed by atoms with Gasteiger partial charge in [0, 0.05) is 33.9 Å². The first kappa shape index (κ1) is 20.7. The van der Waals surface area contributed by atoms with Gasteiger partial charge in [-0.2, -0.15) is 0 Å². The van der Waals surface area contributed by atoms with Gasteiger partial charge in [-0.1, -0.05) is 22.0 Å². The lowest BCUT2D eigenvalue weighted by Gasteiger charge is -2.35. The molecule has 3 amide bonds. The van der Waals surface area contributed by atoms with Gasteiger partial charge in [0.25, 0.3) is 0 Å². The quantitative estimate of drug-likeness (QED) is 0.641. The number of fused-ring (bicyclic) bond motifs is 1. The van der Waals surface area contributed by atoms with Crippen LogP contribution in [0.5, 0.6) is 5.75 Å². The third-order valence-corrected chi connectivity index (χ3v) is 6.62. The molecule has 0 radical (unpaired) electrons. The van der Waals surface area contributed by atoms with Gasteiger partial charge in [-0.05, 0) is 68.0 Å². The summed E-state index contributed by atoms with van der Waals surface area (Å²) in [4.78, 5) is 27.4. The van der Waals surface area contributed by atoms with Crippen molar-refractivity contribution < 1.29 is 14.3 Å². The number of nitrogens with one attached hydrogen (secondary N) is 2. The van der Waals surface area contributed by atoms with E-state index in [4.69, 9.17) is 4.74 Å². The average molecular weight is 472 g/mol. The summed E-state index contributed by atoms with van der Waals surface area (Å²) in [5, 5.41) is 6.02. The molecule has 1 aliphatic carbocycles. The fourth-order valence-corrected chi connectivity index (χ4v) is 5.01. The van der Waals surface area contributed by atoms with Crippen molar-refractivity contribution in [2.24, 2.45) is 5.92 Å². The molecule has 1 heterocycles. The minimum atomic E-state index is -0.109. The van der Waals surface area contributed by atoms with Gasteiger partial charge in [0.05, 0.1) is 13.7 Å². The average Bonchev–Trinajstić information content (AvgIpc) is 3.19. The number of carbonyl (C=O) groups is 2. The molecule has 30 heavy (non-hydrogen) atoms. The van der Waals surface area contributed by atoms with Crippen LogP contribution in [0.1, 0.15) is 36.0 Å². The van der Waals surface area contributed by atoms with Crippen LogP contribution >= 0.6 is 15.9 Å². The van der Waals surface area contributed by atoms with Gasteiger partial charge in [0.1, 0.15) is 5.75 Å². The highest BCUT2D eigenvalue weighted by Gasteiger charge is 2.37. The highest BCUT2D eigenvalue weighted by atomic mass is 79.9. The zero-order valence-electron chi connectivity index (χ0n) is 17.4. The molecule has 4 rings (SSSR count). The summed E-state index contributed by atoms with van der Waals surface area (Å²) in [5.41, 5.74) is 4.90. The largest absolute Gasteiger partial charge is 0.496 e. The molecule has 1 saturated carbocycles. The van der Waals surface area contributed by atoms with E-state index in [1.54, 1.807) is 7.11 Å². The summed E-state index contributed by atoms with van der Waals surface area (Å²) in [5.74, 6) is 0.645. The Hall–Kier alpha value is -2.54. The molecule has 0 bridgehead atoms. The van der Waals surface area contributed by atoms with Gasteiger partial charge in [0.2, 0.25) is 5.91 Å². The number of benzene rings is 2. The van der Waals surface area contributed by atoms with Crippen LogP contribution in [-0.4, -0.2) is 30.0 Å². The summed E-state index contributed by atoms with van der Waals surface area (Å²) < 4.78 is 6.30. The van der Waals surface area contributed by atoms with E-state index in [-0.39, 0.29) is 23.9 Å². The number of carbonyl (C=O) groups excluding carboxylic acids is 2. The van der Waals surface area contributed by atoms with Crippen LogP contribution in [0.4, 0.5) is 16.2 Å². The molecule has 1 fully saturated rings. The van der Waals surface area contributed by atoms with Crippen molar-refractivity contribution in [1.29, 1.82) is 0 Å². The number of amides is 3. The van der Waals surface area contributed by atoms with Crippen LogP contribution in [0, 0.1) is 19.8 Å². The van der Waals surface area contributed by atoms with Crippen LogP contribution < -0.4 is 15.4 Å². The van der Waals surface area contributed by atoms with Gasteiger partial charge < -0.3 is 20.3 Å². The molecule has 1 aliphatic heterocycles. The fraction of sp³-hybridized carbons (Fsp3) is 0.391. The standard InChI is InChI=1S/C23H26BrN3O3/c1-13-4-6-17(11-21(13)30-3)25-22(28)15-5-7-18(9-15)27-12-19-14(2)8-16(24)10-20(19)26-23(27)29/h4,6,8,10-11,15,18H,5,7,9,12H2,1-3H3,(H,25,28)(H,26,29). The third-order valence-electron chi connectivity index (χ3n) is 6.16. The van der Waals surface area contributed by atoms with Crippen LogP contribution in [0.2, 0.25) is 0 Å². The number of halogens is 1. The number of hydrogen-bond donors (Lipinski definition) is 2. The number of aryl methyl sites for hydroxylation is 2. The Morgan fingerprint density at radius 2 is 2.00 bits per heavy atom. The van der Waals surface area contributed by atoms with Crippen LogP contribution in [-0.2, 0) is 11.3 Å². The molecule has 2 aromatic rings. The molecule has 2 N–H and O–H groups in total. The summed E-state index contributed by atoms with van der Waals surface area (Å²) in [7, 11) is 1.62. The van der Waals surface area contributed by atoms with Gasteiger partial charge in [-0.3, -0.25) is 4.79 Å². The minimum Gasteiger partial charge on any atom is -0.496 e. The van der Waals surface area contributed by atoms with Crippen molar-refractivity contribution in [2.45, 2.75) is 45.7 Å². The maximum Gasteiger partial charge on any atom is 0.322 e. The zero-order valence-corrected chi connectivity index (χ0v) is 19.0. The summed E-state index contributed by atoms with van der Waals surface area (Å²) >= 11 is 3.49. The first-order chi connectivity index (χ1) is 14.4. The predicted octanol–water partition coefficient (Wildman–Crippen LogP) is 5.23. The smallest absolute Gasteiger partial charge is 0.322 e. The molecule has 2 unspecified atom stereocenters. The third kappa shape index (κ3) is 4.03. The number of urea groups is 1. The second-order valence-electron chi connectivity index (χ2n) is 8.14. The molecule has 2 aliphatic rings. The Labute approximate surface area is 185 Å². The van der Waals surface area contributed by atoms with E-state index in [9.17, 15) is 9.59 Å². The van der Waals surface area contributed by atoms with E-state index in [0.717, 1.165) is 51.1 Å². The molecule has 0 saturated heterocycles. The number of ether oxygens (including phenoxy) is 1. The first-order valence-corrected chi connectivity index (χ1v) is 11.0. The zero-order chi connectivity index (χ0) is 21.4. The highest BCUT2D eigenvalue weighted by Crippen LogP contribution is 2.36. The van der Waals surface area contributed by atoms with Crippen molar-refractivity contribution in [1.82, 2.24) is 4.90 Å². The molecule has 2 atom stereocenters. The van der Waals surface area contributed by atoms with Gasteiger partial charge in [-0.25, -0.2) is 4.79 Å². The summed E-state index contributed by atoms with van der Waals surface area (Å²) in [6, 6.07) is 9.64. The maximum absolute atomic E-state index is 12.8. The SMILES string of the molecule is COc1cc(NC(=O)C2CCC(N3Cc4c(C)cc(Br)cc4NC3=O)C2)ccc1C. The monoisotopic (exact) mass is 471 g/mol. The van der Waals surface area contributed by atoms with E-state index in [1.165, 1.54) is 0 Å². The van der Waals surface area contributed by atoms with Crippen LogP contribution in [0.25, 0.3) is 0 Å². The Morgan fingerprint density at radius 1 is 1.20 bits per heavy atom. The second kappa shape index (κ2) is 8.30. The number of nitrogens with zero attached hydrogens (tertiary/aromatic N) is 1. The van der Waals surface area contributed by atoms with Crippen molar-refractivity contribution in [3.8, 4) is 5.75 Å². The Kier molecular flexibility index (Phi) is 5.73. The Balaban J connectivity index is 1.43. The van der Waals surface area contributed by atoms with Crippen LogP contribution in [0.3, 0.4) is 0 Å². The lowest BCUT2D eigenvalue weighted by molar-refractivity contribution is -0.119. The molecule has 0 spiro atoms. The van der Waals surface area contributed by atoms with E-state index in [2.05, 4.69) is 39.6 Å². The number of rotatable bonds is 4. The first-order valence-electron chi connectivity index (χ1n) is 10.2. The molecule has 6 nitrogen and oxygen atoms in total. The normalized spacial score (nSPS) is 20.5. The van der Waals surface area contributed by atoms with Crippen molar-refractivity contribution in [3.63, 3.8) is 0 Å². The lowest BCUT2D eigenvalue weighted by atomic mass is 10.0. The van der Waals surface area contributed by atoms with E-state index >= 15 is 0 Å². The lowest BCUT2D eigenvalue weighted by Crippen LogP contribution is -2.44. The predicted molar refractivity (Wildman–Crippen MR) is 121 cm³/mol. The number of methoxy groups -OCH3 is 1. The van der Waals surface area contributed by atoms with Gasteiger partial charge in [-0.15, -0.1) is 0 Å².